The van der Waals surface area contributed by atoms with Crippen LogP contribution < -0.4 is 5.73 Å². The number of nitrogens with zero attached hydrogens (tertiary/aromatic N) is 2. The highest BCUT2D eigenvalue weighted by Gasteiger charge is 2.21. The molecule has 0 aliphatic heterocycles. The first-order valence-electron chi connectivity index (χ1n) is 4.77. The van der Waals surface area contributed by atoms with Crippen LogP contribution in [0.5, 0.6) is 0 Å². The van der Waals surface area contributed by atoms with Crippen molar-refractivity contribution in [2.45, 2.75) is 32.4 Å². The van der Waals surface area contributed by atoms with Gasteiger partial charge in [-0.05, 0) is 20.8 Å². The quantitative estimate of drug-likeness (QED) is 0.791. The van der Waals surface area contributed by atoms with E-state index in [1.807, 2.05) is 20.0 Å². The van der Waals surface area contributed by atoms with E-state index < -0.39 is 0 Å². The first-order chi connectivity index (χ1) is 6.46. The van der Waals surface area contributed by atoms with Crippen LogP contribution in [0.4, 0.5) is 0 Å². The number of ether oxygens (including phenoxy) is 1. The van der Waals surface area contributed by atoms with Gasteiger partial charge in [0.05, 0.1) is 30.2 Å². The van der Waals surface area contributed by atoms with E-state index in [9.17, 15) is 0 Å². The van der Waals surface area contributed by atoms with Gasteiger partial charge in [0.1, 0.15) is 0 Å². The monoisotopic (exact) mass is 197 g/mol. The normalized spacial score (nSPS) is 14.4. The third-order valence-electron chi connectivity index (χ3n) is 2.21. The summed E-state index contributed by atoms with van der Waals surface area (Å²) in [6.45, 7) is 6.69. The van der Waals surface area contributed by atoms with Crippen molar-refractivity contribution in [3.05, 3.63) is 18.2 Å². The lowest BCUT2D eigenvalue weighted by atomic mass is 10.0. The maximum Gasteiger partial charge on any atom is 0.0952 e. The molecule has 1 heterocycles. The number of methoxy groups -OCH3 is 1. The summed E-state index contributed by atoms with van der Waals surface area (Å²) in [5, 5.41) is 0. The molecule has 4 nitrogen and oxygen atoms in total. The van der Waals surface area contributed by atoms with Crippen molar-refractivity contribution in [1.29, 1.82) is 0 Å². The number of rotatable bonds is 4. The zero-order valence-electron chi connectivity index (χ0n) is 9.32. The van der Waals surface area contributed by atoms with Crippen LogP contribution in [0.25, 0.3) is 0 Å². The second-order valence-corrected chi connectivity index (χ2v) is 4.21. The Morgan fingerprint density at radius 1 is 1.64 bits per heavy atom. The summed E-state index contributed by atoms with van der Waals surface area (Å²) < 4.78 is 7.16. The summed E-state index contributed by atoms with van der Waals surface area (Å²) in [5.41, 5.74) is 6.70. The number of hydrogen-bond acceptors (Lipinski definition) is 3. The molecule has 0 amide bonds. The molecule has 4 heteroatoms. The van der Waals surface area contributed by atoms with Crippen molar-refractivity contribution in [2.24, 2.45) is 5.73 Å². The average molecular weight is 197 g/mol. The molecule has 1 atom stereocenters. The predicted octanol–water partition coefficient (Wildman–Crippen LogP) is 1.28. The standard InChI is InChI=1S/C10H19N3O/c1-8(6-14-4)13-7-12-5-9(13)10(2,3)11/h5,7-8H,6,11H2,1-4H3. The molecule has 0 aliphatic carbocycles. The Morgan fingerprint density at radius 2 is 2.29 bits per heavy atom. The van der Waals surface area contributed by atoms with Gasteiger partial charge in [-0.3, -0.25) is 0 Å². The van der Waals surface area contributed by atoms with Crippen LogP contribution in [0, 0.1) is 0 Å². The van der Waals surface area contributed by atoms with Crippen LogP contribution in [0.2, 0.25) is 0 Å². The van der Waals surface area contributed by atoms with Crippen LogP contribution >= 0.6 is 0 Å². The van der Waals surface area contributed by atoms with Gasteiger partial charge < -0.3 is 15.0 Å². The minimum absolute atomic E-state index is 0.264. The Hall–Kier alpha value is -0.870. The Kier molecular flexibility index (Phi) is 3.29. The van der Waals surface area contributed by atoms with Gasteiger partial charge in [0, 0.05) is 13.3 Å². The molecule has 0 aliphatic rings. The Balaban J connectivity index is 2.93. The molecule has 0 spiro atoms. The number of aromatic nitrogens is 2. The number of hydrogen-bond donors (Lipinski definition) is 1. The van der Waals surface area contributed by atoms with Gasteiger partial charge >= 0.3 is 0 Å². The van der Waals surface area contributed by atoms with E-state index in [0.717, 1.165) is 5.69 Å². The van der Waals surface area contributed by atoms with E-state index in [4.69, 9.17) is 10.5 Å². The van der Waals surface area contributed by atoms with Crippen molar-refractivity contribution in [3.63, 3.8) is 0 Å². The van der Waals surface area contributed by atoms with Crippen LogP contribution in [0.15, 0.2) is 12.5 Å². The van der Waals surface area contributed by atoms with Crippen molar-refractivity contribution in [1.82, 2.24) is 9.55 Å². The second-order valence-electron chi connectivity index (χ2n) is 4.21. The van der Waals surface area contributed by atoms with E-state index in [-0.39, 0.29) is 11.6 Å². The molecular weight excluding hydrogens is 178 g/mol. The van der Waals surface area contributed by atoms with Gasteiger partial charge in [0.15, 0.2) is 0 Å². The number of imidazole rings is 1. The van der Waals surface area contributed by atoms with Gasteiger partial charge in [0.25, 0.3) is 0 Å². The highest BCUT2D eigenvalue weighted by atomic mass is 16.5. The van der Waals surface area contributed by atoms with Gasteiger partial charge in [-0.25, -0.2) is 4.98 Å². The van der Waals surface area contributed by atoms with Gasteiger partial charge in [-0.2, -0.15) is 0 Å². The Morgan fingerprint density at radius 3 is 2.79 bits per heavy atom. The highest BCUT2D eigenvalue weighted by Crippen LogP contribution is 2.20. The van der Waals surface area contributed by atoms with Crippen molar-refractivity contribution in [3.8, 4) is 0 Å². The van der Waals surface area contributed by atoms with E-state index in [0.29, 0.717) is 6.61 Å². The fourth-order valence-corrected chi connectivity index (χ4v) is 1.48. The number of nitrogens with two attached hydrogens (primary N) is 1. The molecule has 1 rings (SSSR count). The third kappa shape index (κ3) is 2.33. The molecule has 14 heavy (non-hydrogen) atoms. The molecular formula is C10H19N3O. The molecule has 0 fully saturated rings. The molecule has 0 saturated heterocycles. The van der Waals surface area contributed by atoms with Crippen molar-refractivity contribution < 1.29 is 4.74 Å². The second kappa shape index (κ2) is 4.11. The lowest BCUT2D eigenvalue weighted by Gasteiger charge is -2.24. The molecule has 0 radical (unpaired) electrons. The van der Waals surface area contributed by atoms with E-state index >= 15 is 0 Å². The molecule has 0 bridgehead atoms. The van der Waals surface area contributed by atoms with Crippen LogP contribution in [-0.2, 0) is 10.3 Å². The van der Waals surface area contributed by atoms with Gasteiger partial charge in [-0.15, -0.1) is 0 Å². The molecule has 1 unspecified atom stereocenters. The van der Waals surface area contributed by atoms with Crippen LogP contribution in [0.1, 0.15) is 32.5 Å². The molecule has 0 aromatic carbocycles. The topological polar surface area (TPSA) is 53.1 Å². The van der Waals surface area contributed by atoms with Crippen molar-refractivity contribution >= 4 is 0 Å². The summed E-state index contributed by atoms with van der Waals surface area (Å²) in [6, 6.07) is 0.264. The maximum absolute atomic E-state index is 6.03. The summed E-state index contributed by atoms with van der Waals surface area (Å²) in [5.74, 6) is 0. The summed E-state index contributed by atoms with van der Waals surface area (Å²) in [7, 11) is 1.70. The minimum Gasteiger partial charge on any atom is -0.383 e. The maximum atomic E-state index is 6.03. The van der Waals surface area contributed by atoms with Crippen LogP contribution in [-0.4, -0.2) is 23.3 Å². The minimum atomic E-state index is -0.363. The molecule has 80 valence electrons. The summed E-state index contributed by atoms with van der Waals surface area (Å²) in [4.78, 5) is 4.12. The SMILES string of the molecule is COCC(C)n1cncc1C(C)(C)N. The fraction of sp³-hybridized carbons (Fsp3) is 0.700. The zero-order valence-corrected chi connectivity index (χ0v) is 9.32. The molecule has 2 N–H and O–H groups in total. The highest BCUT2D eigenvalue weighted by molar-refractivity contribution is 5.10. The van der Waals surface area contributed by atoms with Gasteiger partial charge in [0.2, 0.25) is 0 Å². The Bertz CT molecular complexity index is 288. The fourth-order valence-electron chi connectivity index (χ4n) is 1.48. The van der Waals surface area contributed by atoms with Crippen LogP contribution in [0.3, 0.4) is 0 Å². The lowest BCUT2D eigenvalue weighted by Crippen LogP contribution is -2.32. The van der Waals surface area contributed by atoms with E-state index in [1.165, 1.54) is 0 Å². The molecule has 1 aromatic rings. The lowest BCUT2D eigenvalue weighted by molar-refractivity contribution is 0.159. The average Bonchev–Trinajstić information content (AvgIpc) is 2.50. The van der Waals surface area contributed by atoms with Gasteiger partial charge in [-0.1, -0.05) is 0 Å². The smallest absolute Gasteiger partial charge is 0.0952 e. The summed E-state index contributed by atoms with van der Waals surface area (Å²) in [6.07, 6.45) is 3.61. The first-order valence-corrected chi connectivity index (χ1v) is 4.77. The molecule has 0 saturated carbocycles. The zero-order chi connectivity index (χ0) is 10.8. The van der Waals surface area contributed by atoms with E-state index in [2.05, 4.69) is 16.5 Å². The molecule has 1 aromatic heterocycles. The third-order valence-corrected chi connectivity index (χ3v) is 2.21. The summed E-state index contributed by atoms with van der Waals surface area (Å²) >= 11 is 0. The largest absolute Gasteiger partial charge is 0.383 e. The predicted molar refractivity (Wildman–Crippen MR) is 56.0 cm³/mol. The van der Waals surface area contributed by atoms with Crippen molar-refractivity contribution in [2.75, 3.05) is 13.7 Å². The first kappa shape index (κ1) is 11.2. The van der Waals surface area contributed by atoms with E-state index in [1.54, 1.807) is 13.4 Å². The Labute approximate surface area is 85.1 Å².